The van der Waals surface area contributed by atoms with E-state index in [1.165, 1.54) is 19.3 Å². The molecule has 112 valence electrons. The molecule has 1 saturated carbocycles. The second kappa shape index (κ2) is 5.51. The van der Waals surface area contributed by atoms with Gasteiger partial charge in [-0.1, -0.05) is 19.8 Å². The van der Waals surface area contributed by atoms with Gasteiger partial charge in [0.25, 0.3) is 0 Å². The van der Waals surface area contributed by atoms with E-state index in [1.54, 1.807) is 12.1 Å². The largest absolute Gasteiger partial charge is 0.478 e. The van der Waals surface area contributed by atoms with E-state index in [4.69, 9.17) is 4.98 Å². The lowest BCUT2D eigenvalue weighted by Crippen LogP contribution is -2.10. The monoisotopic (exact) mass is 286 g/mol. The molecule has 4 heteroatoms. The SMILES string of the molecule is CCCc1nc2ccc(C(=O)O)cc2n1C(C)CC1CC1. The van der Waals surface area contributed by atoms with E-state index >= 15 is 0 Å². The molecular formula is C17H22N2O2. The van der Waals surface area contributed by atoms with Gasteiger partial charge < -0.3 is 9.67 Å². The lowest BCUT2D eigenvalue weighted by molar-refractivity contribution is 0.0697. The van der Waals surface area contributed by atoms with Gasteiger partial charge >= 0.3 is 5.97 Å². The van der Waals surface area contributed by atoms with E-state index in [2.05, 4.69) is 18.4 Å². The predicted molar refractivity (Wildman–Crippen MR) is 82.7 cm³/mol. The maximum atomic E-state index is 11.2. The number of aromatic nitrogens is 2. The summed E-state index contributed by atoms with van der Waals surface area (Å²) < 4.78 is 2.27. The normalized spacial score (nSPS) is 16.3. The number of carboxylic acids is 1. The highest BCUT2D eigenvalue weighted by Crippen LogP contribution is 2.38. The quantitative estimate of drug-likeness (QED) is 0.871. The zero-order valence-corrected chi connectivity index (χ0v) is 12.7. The van der Waals surface area contributed by atoms with Crippen LogP contribution in [-0.4, -0.2) is 20.6 Å². The van der Waals surface area contributed by atoms with E-state index in [0.717, 1.165) is 35.6 Å². The highest BCUT2D eigenvalue weighted by atomic mass is 16.4. The minimum atomic E-state index is -0.878. The van der Waals surface area contributed by atoms with Crippen LogP contribution in [0.3, 0.4) is 0 Å². The van der Waals surface area contributed by atoms with Crippen LogP contribution in [0.25, 0.3) is 11.0 Å². The second-order valence-corrected chi connectivity index (χ2v) is 6.18. The molecule has 0 bridgehead atoms. The van der Waals surface area contributed by atoms with Crippen molar-refractivity contribution in [1.82, 2.24) is 9.55 Å². The third kappa shape index (κ3) is 2.80. The van der Waals surface area contributed by atoms with Gasteiger partial charge in [-0.05, 0) is 43.9 Å². The number of carbonyl (C=O) groups is 1. The molecule has 1 aliphatic carbocycles. The molecule has 0 aliphatic heterocycles. The van der Waals surface area contributed by atoms with Crippen LogP contribution in [0.5, 0.6) is 0 Å². The standard InChI is InChI=1S/C17H22N2O2/c1-3-4-16-18-14-8-7-13(17(20)21)10-15(14)19(16)11(2)9-12-5-6-12/h7-8,10-12H,3-6,9H2,1-2H3,(H,20,21). The van der Waals surface area contributed by atoms with Crippen LogP contribution in [0.4, 0.5) is 0 Å². The third-order valence-electron chi connectivity index (χ3n) is 4.30. The van der Waals surface area contributed by atoms with E-state index in [0.29, 0.717) is 11.6 Å². The fourth-order valence-corrected chi connectivity index (χ4v) is 3.11. The van der Waals surface area contributed by atoms with Crippen LogP contribution in [0.2, 0.25) is 0 Å². The van der Waals surface area contributed by atoms with E-state index in [9.17, 15) is 9.90 Å². The Labute approximate surface area is 124 Å². The first-order valence-corrected chi connectivity index (χ1v) is 7.84. The van der Waals surface area contributed by atoms with Crippen LogP contribution in [0.1, 0.15) is 61.8 Å². The Kier molecular flexibility index (Phi) is 3.70. The number of fused-ring (bicyclic) bond motifs is 1. The van der Waals surface area contributed by atoms with Gasteiger partial charge in [-0.3, -0.25) is 0 Å². The highest BCUT2D eigenvalue weighted by Gasteiger charge is 2.26. The van der Waals surface area contributed by atoms with Gasteiger partial charge in [-0.15, -0.1) is 0 Å². The molecule has 21 heavy (non-hydrogen) atoms. The Bertz CT molecular complexity index is 671. The van der Waals surface area contributed by atoms with Crippen LogP contribution in [-0.2, 0) is 6.42 Å². The van der Waals surface area contributed by atoms with Crippen molar-refractivity contribution >= 4 is 17.0 Å². The van der Waals surface area contributed by atoms with E-state index in [1.807, 2.05) is 6.07 Å². The molecule has 1 unspecified atom stereocenters. The molecule has 3 rings (SSSR count). The molecule has 4 nitrogen and oxygen atoms in total. The van der Waals surface area contributed by atoms with Crippen LogP contribution in [0, 0.1) is 5.92 Å². The lowest BCUT2D eigenvalue weighted by Gasteiger charge is -2.17. The molecule has 1 fully saturated rings. The van der Waals surface area contributed by atoms with Crippen LogP contribution in [0.15, 0.2) is 18.2 Å². The first kappa shape index (κ1) is 14.1. The third-order valence-corrected chi connectivity index (χ3v) is 4.30. The summed E-state index contributed by atoms with van der Waals surface area (Å²) in [7, 11) is 0. The van der Waals surface area contributed by atoms with Crippen molar-refractivity contribution in [3.05, 3.63) is 29.6 Å². The average molecular weight is 286 g/mol. The first-order valence-electron chi connectivity index (χ1n) is 7.84. The molecule has 1 aromatic carbocycles. The average Bonchev–Trinajstić information content (AvgIpc) is 3.17. The van der Waals surface area contributed by atoms with Crippen molar-refractivity contribution < 1.29 is 9.90 Å². The summed E-state index contributed by atoms with van der Waals surface area (Å²) in [5.74, 6) is 1.05. The maximum absolute atomic E-state index is 11.2. The lowest BCUT2D eigenvalue weighted by atomic mass is 10.1. The Morgan fingerprint density at radius 3 is 2.86 bits per heavy atom. The van der Waals surface area contributed by atoms with Gasteiger partial charge in [0.05, 0.1) is 16.6 Å². The number of benzene rings is 1. The zero-order valence-electron chi connectivity index (χ0n) is 12.7. The molecule has 0 amide bonds. The van der Waals surface area contributed by atoms with Crippen LogP contribution >= 0.6 is 0 Å². The fourth-order valence-electron chi connectivity index (χ4n) is 3.11. The minimum Gasteiger partial charge on any atom is -0.478 e. The number of rotatable bonds is 6. The van der Waals surface area contributed by atoms with Crippen molar-refractivity contribution in [2.45, 2.75) is 52.0 Å². The Morgan fingerprint density at radius 1 is 1.48 bits per heavy atom. The molecule has 0 spiro atoms. The molecule has 0 radical (unpaired) electrons. The summed E-state index contributed by atoms with van der Waals surface area (Å²) >= 11 is 0. The molecule has 1 aliphatic rings. The smallest absolute Gasteiger partial charge is 0.335 e. The fraction of sp³-hybridized carbons (Fsp3) is 0.529. The van der Waals surface area contributed by atoms with Gasteiger partial charge in [-0.25, -0.2) is 9.78 Å². The van der Waals surface area contributed by atoms with Crippen LogP contribution < -0.4 is 0 Å². The van der Waals surface area contributed by atoms with Gasteiger partial charge in [0.2, 0.25) is 0 Å². The van der Waals surface area contributed by atoms with Crippen molar-refractivity contribution in [1.29, 1.82) is 0 Å². The molecular weight excluding hydrogens is 264 g/mol. The molecule has 2 aromatic rings. The summed E-state index contributed by atoms with van der Waals surface area (Å²) in [6.07, 6.45) is 5.82. The molecule has 0 saturated heterocycles. The summed E-state index contributed by atoms with van der Waals surface area (Å²) in [6.45, 7) is 4.38. The summed E-state index contributed by atoms with van der Waals surface area (Å²) in [5.41, 5.74) is 2.21. The topological polar surface area (TPSA) is 55.1 Å². The Balaban J connectivity index is 2.08. The second-order valence-electron chi connectivity index (χ2n) is 6.18. The highest BCUT2D eigenvalue weighted by molar-refractivity contribution is 5.92. The summed E-state index contributed by atoms with van der Waals surface area (Å²) in [5, 5.41) is 9.21. The number of carboxylic acid groups (broad SMARTS) is 1. The number of aromatic carboxylic acids is 1. The predicted octanol–water partition coefficient (Wildman–Crippen LogP) is 4.05. The Morgan fingerprint density at radius 2 is 2.24 bits per heavy atom. The number of hydrogen-bond acceptors (Lipinski definition) is 2. The molecule has 1 aromatic heterocycles. The number of nitrogens with zero attached hydrogens (tertiary/aromatic N) is 2. The minimum absolute atomic E-state index is 0.338. The Hall–Kier alpha value is -1.84. The van der Waals surface area contributed by atoms with Crippen molar-refractivity contribution in [3.8, 4) is 0 Å². The summed E-state index contributed by atoms with van der Waals surface area (Å²) in [6, 6.07) is 5.63. The van der Waals surface area contributed by atoms with Crippen molar-refractivity contribution in [2.75, 3.05) is 0 Å². The van der Waals surface area contributed by atoms with Gasteiger partial charge in [-0.2, -0.15) is 0 Å². The van der Waals surface area contributed by atoms with Crippen molar-refractivity contribution in [2.24, 2.45) is 5.92 Å². The van der Waals surface area contributed by atoms with Gasteiger partial charge in [0, 0.05) is 12.5 Å². The first-order chi connectivity index (χ1) is 10.1. The number of imidazole rings is 1. The molecule has 1 heterocycles. The zero-order chi connectivity index (χ0) is 15.0. The van der Waals surface area contributed by atoms with Gasteiger partial charge in [0.1, 0.15) is 5.82 Å². The van der Waals surface area contributed by atoms with E-state index in [-0.39, 0.29) is 0 Å². The number of hydrogen-bond donors (Lipinski definition) is 1. The molecule has 1 atom stereocenters. The maximum Gasteiger partial charge on any atom is 0.335 e. The number of aryl methyl sites for hydroxylation is 1. The van der Waals surface area contributed by atoms with E-state index < -0.39 is 5.97 Å². The van der Waals surface area contributed by atoms with Gasteiger partial charge in [0.15, 0.2) is 0 Å². The van der Waals surface area contributed by atoms with Crippen molar-refractivity contribution in [3.63, 3.8) is 0 Å². The summed E-state index contributed by atoms with van der Waals surface area (Å²) in [4.78, 5) is 15.9. The molecule has 1 N–H and O–H groups in total.